The fourth-order valence-corrected chi connectivity index (χ4v) is 4.28. The van der Waals surface area contributed by atoms with Crippen LogP contribution >= 0.6 is 0 Å². The Morgan fingerprint density at radius 2 is 2.07 bits per heavy atom. The van der Waals surface area contributed by atoms with Gasteiger partial charge in [-0.25, -0.2) is 0 Å². The highest BCUT2D eigenvalue weighted by Crippen LogP contribution is 2.38. The molecule has 27 heavy (non-hydrogen) atoms. The van der Waals surface area contributed by atoms with E-state index in [9.17, 15) is 18.0 Å². The number of rotatable bonds is 5. The lowest BCUT2D eigenvalue weighted by molar-refractivity contribution is -0.138. The van der Waals surface area contributed by atoms with Crippen LogP contribution in [0.25, 0.3) is 0 Å². The number of halogens is 3. The molecule has 2 aliphatic rings. The molecule has 1 unspecified atom stereocenters. The minimum absolute atomic E-state index is 0.187. The Labute approximate surface area is 158 Å². The molecule has 0 radical (unpaired) electrons. The van der Waals surface area contributed by atoms with Crippen molar-refractivity contribution < 1.29 is 22.7 Å². The van der Waals surface area contributed by atoms with Crippen molar-refractivity contribution in [3.8, 4) is 0 Å². The Kier molecular flexibility index (Phi) is 6.11. The largest absolute Gasteiger partial charge is 0.416 e. The summed E-state index contributed by atoms with van der Waals surface area (Å²) in [5.41, 5.74) is -1.25. The number of carbonyl (C=O) groups is 1. The molecule has 2 heterocycles. The fourth-order valence-electron chi connectivity index (χ4n) is 4.28. The van der Waals surface area contributed by atoms with Gasteiger partial charge in [-0.1, -0.05) is 25.1 Å². The topological polar surface area (TPSA) is 41.6 Å². The quantitative estimate of drug-likeness (QED) is 0.847. The molecule has 4 nitrogen and oxygen atoms in total. The lowest BCUT2D eigenvalue weighted by Gasteiger charge is -2.37. The van der Waals surface area contributed by atoms with Crippen LogP contribution in [0.2, 0.25) is 0 Å². The highest BCUT2D eigenvalue weighted by molar-refractivity contribution is 5.88. The minimum Gasteiger partial charge on any atom is -0.381 e. The van der Waals surface area contributed by atoms with E-state index in [-0.39, 0.29) is 5.91 Å². The summed E-state index contributed by atoms with van der Waals surface area (Å²) in [4.78, 5) is 15.5. The molecular formula is C20H27F3N2O2. The average molecular weight is 384 g/mol. The molecule has 7 heteroatoms. The van der Waals surface area contributed by atoms with E-state index in [0.29, 0.717) is 44.2 Å². The lowest BCUT2D eigenvalue weighted by atomic mass is 9.73. The van der Waals surface area contributed by atoms with Gasteiger partial charge in [0.25, 0.3) is 0 Å². The first-order valence-corrected chi connectivity index (χ1v) is 9.64. The summed E-state index contributed by atoms with van der Waals surface area (Å²) < 4.78 is 44.9. The van der Waals surface area contributed by atoms with Gasteiger partial charge in [-0.2, -0.15) is 13.2 Å². The van der Waals surface area contributed by atoms with Crippen LogP contribution in [0.1, 0.15) is 43.7 Å². The number of benzene rings is 1. The van der Waals surface area contributed by atoms with Gasteiger partial charge >= 0.3 is 6.18 Å². The molecule has 3 rings (SSSR count). The number of alkyl halides is 3. The second kappa shape index (κ2) is 8.19. The maximum Gasteiger partial charge on any atom is 0.416 e. The zero-order valence-electron chi connectivity index (χ0n) is 15.6. The van der Waals surface area contributed by atoms with Crippen LogP contribution in [0, 0.1) is 0 Å². The van der Waals surface area contributed by atoms with Gasteiger partial charge in [0.2, 0.25) is 5.91 Å². The van der Waals surface area contributed by atoms with Gasteiger partial charge in [-0.3, -0.25) is 9.69 Å². The highest BCUT2D eigenvalue weighted by atomic mass is 19.4. The summed E-state index contributed by atoms with van der Waals surface area (Å²) in [5.74, 6) is -0.187. The van der Waals surface area contributed by atoms with Gasteiger partial charge in [-0.05, 0) is 50.4 Å². The number of nitrogens with zero attached hydrogens (tertiary/aromatic N) is 1. The third kappa shape index (κ3) is 4.29. The van der Waals surface area contributed by atoms with E-state index >= 15 is 0 Å². The van der Waals surface area contributed by atoms with Crippen LogP contribution in [0.3, 0.4) is 0 Å². The molecule has 1 aromatic carbocycles. The van der Waals surface area contributed by atoms with Gasteiger partial charge in [-0.15, -0.1) is 0 Å². The van der Waals surface area contributed by atoms with E-state index in [1.807, 2.05) is 0 Å². The van der Waals surface area contributed by atoms with E-state index in [1.165, 1.54) is 6.07 Å². The van der Waals surface area contributed by atoms with Crippen LogP contribution in [0.4, 0.5) is 13.2 Å². The Balaban J connectivity index is 1.81. The molecule has 0 aromatic heterocycles. The molecule has 0 aliphatic carbocycles. The zero-order valence-corrected chi connectivity index (χ0v) is 15.6. The predicted molar refractivity (Wildman–Crippen MR) is 96.5 cm³/mol. The number of hydrogen-bond acceptors (Lipinski definition) is 3. The molecule has 150 valence electrons. The molecule has 2 saturated heterocycles. The van der Waals surface area contributed by atoms with Gasteiger partial charge in [0.05, 0.1) is 11.0 Å². The first-order valence-electron chi connectivity index (χ1n) is 9.64. The number of amides is 1. The van der Waals surface area contributed by atoms with Crippen LogP contribution in [-0.2, 0) is 21.1 Å². The molecule has 0 bridgehead atoms. The number of ether oxygens (including phenoxy) is 1. The molecule has 1 aromatic rings. The van der Waals surface area contributed by atoms with Gasteiger partial charge in [0, 0.05) is 25.8 Å². The molecule has 2 fully saturated rings. The number of hydrogen-bond donors (Lipinski definition) is 1. The van der Waals surface area contributed by atoms with Gasteiger partial charge < -0.3 is 10.1 Å². The normalized spacial score (nSPS) is 23.3. The highest BCUT2D eigenvalue weighted by Gasteiger charge is 2.43. The van der Waals surface area contributed by atoms with Crippen LogP contribution < -0.4 is 5.32 Å². The van der Waals surface area contributed by atoms with E-state index in [1.54, 1.807) is 6.07 Å². The third-order valence-corrected chi connectivity index (χ3v) is 5.93. The third-order valence-electron chi connectivity index (χ3n) is 5.93. The van der Waals surface area contributed by atoms with Crippen molar-refractivity contribution in [2.45, 2.75) is 50.2 Å². The zero-order chi connectivity index (χ0) is 19.5. The Bertz CT molecular complexity index is 657. The lowest BCUT2D eigenvalue weighted by Crippen LogP contribution is -2.51. The van der Waals surface area contributed by atoms with Crippen molar-refractivity contribution in [2.75, 3.05) is 32.8 Å². The van der Waals surface area contributed by atoms with Crippen molar-refractivity contribution in [1.82, 2.24) is 10.2 Å². The van der Waals surface area contributed by atoms with E-state index in [0.717, 1.165) is 38.1 Å². The van der Waals surface area contributed by atoms with Gasteiger partial charge in [0.15, 0.2) is 0 Å². The first kappa shape index (κ1) is 20.1. The van der Waals surface area contributed by atoms with E-state index < -0.39 is 17.2 Å². The Morgan fingerprint density at radius 3 is 2.74 bits per heavy atom. The molecular weight excluding hydrogens is 357 g/mol. The first-order chi connectivity index (χ1) is 12.9. The van der Waals surface area contributed by atoms with E-state index in [4.69, 9.17) is 4.74 Å². The number of nitrogens with one attached hydrogen (secondary N) is 1. The van der Waals surface area contributed by atoms with Crippen molar-refractivity contribution >= 4 is 5.91 Å². The number of likely N-dealkylation sites (tertiary alicyclic amines) is 1. The molecule has 1 amide bonds. The van der Waals surface area contributed by atoms with Crippen LogP contribution in [0.5, 0.6) is 0 Å². The van der Waals surface area contributed by atoms with Crippen molar-refractivity contribution in [1.29, 1.82) is 0 Å². The van der Waals surface area contributed by atoms with Crippen LogP contribution in [0.15, 0.2) is 24.3 Å². The number of likely N-dealkylation sites (N-methyl/N-ethyl adjacent to an activating group) is 1. The van der Waals surface area contributed by atoms with E-state index in [2.05, 4.69) is 17.1 Å². The summed E-state index contributed by atoms with van der Waals surface area (Å²) in [7, 11) is 0. The van der Waals surface area contributed by atoms with Crippen molar-refractivity contribution in [3.05, 3.63) is 35.4 Å². The second-order valence-electron chi connectivity index (χ2n) is 7.41. The van der Waals surface area contributed by atoms with Crippen LogP contribution in [-0.4, -0.2) is 49.7 Å². The maximum absolute atomic E-state index is 13.2. The summed E-state index contributed by atoms with van der Waals surface area (Å²) in [6, 6.07) is 5.49. The SMILES string of the molecule is CCN1CCCC1CNC(=O)C1(c2cccc(C(F)(F)F)c2)CCOCC1. The van der Waals surface area contributed by atoms with Crippen molar-refractivity contribution in [3.63, 3.8) is 0 Å². The Hall–Kier alpha value is -1.60. The predicted octanol–water partition coefficient (Wildman–Crippen LogP) is 3.35. The van der Waals surface area contributed by atoms with Crippen molar-refractivity contribution in [2.24, 2.45) is 0 Å². The molecule has 1 N–H and O–H groups in total. The maximum atomic E-state index is 13.2. The molecule has 0 saturated carbocycles. The molecule has 0 spiro atoms. The summed E-state index contributed by atoms with van der Waals surface area (Å²) in [6.07, 6.45) is -1.50. The monoisotopic (exact) mass is 384 g/mol. The summed E-state index contributed by atoms with van der Waals surface area (Å²) in [6.45, 7) is 5.34. The smallest absolute Gasteiger partial charge is 0.381 e. The molecule has 2 aliphatic heterocycles. The molecule has 1 atom stereocenters. The van der Waals surface area contributed by atoms with Gasteiger partial charge in [0.1, 0.15) is 0 Å². The average Bonchev–Trinajstić information content (AvgIpc) is 3.13. The Morgan fingerprint density at radius 1 is 1.33 bits per heavy atom. The standard InChI is InChI=1S/C20H27F3N2O2/c1-2-25-10-4-7-17(25)14-24-18(26)19(8-11-27-12-9-19)15-5-3-6-16(13-15)20(21,22)23/h3,5-6,13,17H,2,4,7-12,14H2,1H3,(H,24,26). The second-order valence-corrected chi connectivity index (χ2v) is 7.41. The fraction of sp³-hybridized carbons (Fsp3) is 0.650. The summed E-state index contributed by atoms with van der Waals surface area (Å²) >= 11 is 0. The summed E-state index contributed by atoms with van der Waals surface area (Å²) in [5, 5.41) is 3.04. The minimum atomic E-state index is -4.43. The number of carbonyl (C=O) groups excluding carboxylic acids is 1.